The molecule has 0 amide bonds. The Kier molecular flexibility index (Phi) is 2.40. The summed E-state index contributed by atoms with van der Waals surface area (Å²) in [5, 5.41) is 4.35. The fourth-order valence-corrected chi connectivity index (χ4v) is 2.80. The number of rotatable bonds is 1. The quantitative estimate of drug-likeness (QED) is 0.811. The number of fused-ring (bicyclic) bond motifs is 1. The lowest BCUT2D eigenvalue weighted by atomic mass is 9.93. The minimum absolute atomic E-state index is 0.381. The topological polar surface area (TPSA) is 33.4 Å². The standard InChI is InChI=1S/C12H15BrN4/c1-12(2)3-5-16(8-12)11-9-7-10(13)15-17(9)6-4-14-11/h4,6-7H,3,5,8H2,1-2H3. The average molecular weight is 295 g/mol. The van der Waals surface area contributed by atoms with Crippen LogP contribution in [-0.4, -0.2) is 27.7 Å². The molecule has 3 rings (SSSR count). The zero-order valence-corrected chi connectivity index (χ0v) is 11.6. The van der Waals surface area contributed by atoms with E-state index in [1.165, 1.54) is 6.42 Å². The van der Waals surface area contributed by atoms with Gasteiger partial charge < -0.3 is 4.90 Å². The van der Waals surface area contributed by atoms with Gasteiger partial charge in [-0.3, -0.25) is 0 Å². The van der Waals surface area contributed by atoms with Gasteiger partial charge in [0.15, 0.2) is 5.82 Å². The number of hydrogen-bond acceptors (Lipinski definition) is 3. The summed E-state index contributed by atoms with van der Waals surface area (Å²) >= 11 is 3.41. The van der Waals surface area contributed by atoms with Crippen molar-refractivity contribution in [2.24, 2.45) is 5.41 Å². The second kappa shape index (κ2) is 3.70. The van der Waals surface area contributed by atoms with E-state index >= 15 is 0 Å². The van der Waals surface area contributed by atoms with Crippen molar-refractivity contribution in [2.75, 3.05) is 18.0 Å². The van der Waals surface area contributed by atoms with Gasteiger partial charge in [0.05, 0.1) is 0 Å². The first-order chi connectivity index (χ1) is 8.05. The van der Waals surface area contributed by atoms with E-state index in [4.69, 9.17) is 0 Å². The maximum Gasteiger partial charge on any atom is 0.154 e. The Morgan fingerprint density at radius 2 is 2.24 bits per heavy atom. The van der Waals surface area contributed by atoms with E-state index in [9.17, 15) is 0 Å². The maximum absolute atomic E-state index is 4.51. The summed E-state index contributed by atoms with van der Waals surface area (Å²) in [6.07, 6.45) is 4.91. The summed E-state index contributed by atoms with van der Waals surface area (Å²) in [6, 6.07) is 2.02. The summed E-state index contributed by atoms with van der Waals surface area (Å²) in [5.74, 6) is 1.04. The predicted octanol–water partition coefficient (Wildman–Crippen LogP) is 2.73. The van der Waals surface area contributed by atoms with E-state index in [-0.39, 0.29) is 0 Å². The molecule has 0 saturated carbocycles. The summed E-state index contributed by atoms with van der Waals surface area (Å²) in [7, 11) is 0. The highest BCUT2D eigenvalue weighted by atomic mass is 79.9. The van der Waals surface area contributed by atoms with Gasteiger partial charge in [0.2, 0.25) is 0 Å². The zero-order chi connectivity index (χ0) is 12.0. The third-order valence-corrected chi connectivity index (χ3v) is 3.70. The number of hydrogen-bond donors (Lipinski definition) is 0. The Bertz CT molecular complexity index is 561. The predicted molar refractivity (Wildman–Crippen MR) is 71.3 cm³/mol. The smallest absolute Gasteiger partial charge is 0.154 e. The van der Waals surface area contributed by atoms with E-state index in [0.29, 0.717) is 5.41 Å². The number of aromatic nitrogens is 3. The van der Waals surface area contributed by atoms with Crippen LogP contribution in [0.2, 0.25) is 0 Å². The lowest BCUT2D eigenvalue weighted by molar-refractivity contribution is 0.418. The van der Waals surface area contributed by atoms with Crippen LogP contribution in [0.15, 0.2) is 23.1 Å². The van der Waals surface area contributed by atoms with E-state index < -0.39 is 0 Å². The number of halogens is 1. The van der Waals surface area contributed by atoms with E-state index in [1.807, 2.05) is 23.0 Å². The van der Waals surface area contributed by atoms with Crippen LogP contribution in [0.3, 0.4) is 0 Å². The molecule has 90 valence electrons. The van der Waals surface area contributed by atoms with Gasteiger partial charge in [-0.05, 0) is 27.8 Å². The molecule has 0 N–H and O–H groups in total. The molecule has 0 aromatic carbocycles. The molecule has 2 aromatic heterocycles. The Morgan fingerprint density at radius 1 is 1.41 bits per heavy atom. The lowest BCUT2D eigenvalue weighted by Crippen LogP contribution is -2.24. The molecule has 0 aliphatic carbocycles. The SMILES string of the molecule is CC1(C)CCN(c2nccn3nc(Br)cc23)C1. The molecule has 2 aromatic rings. The largest absolute Gasteiger partial charge is 0.354 e. The van der Waals surface area contributed by atoms with Crippen LogP contribution < -0.4 is 4.90 Å². The van der Waals surface area contributed by atoms with E-state index in [1.54, 1.807) is 0 Å². The Balaban J connectivity index is 2.06. The molecule has 0 unspecified atom stereocenters. The minimum atomic E-state index is 0.381. The summed E-state index contributed by atoms with van der Waals surface area (Å²) < 4.78 is 2.72. The second-order valence-electron chi connectivity index (χ2n) is 5.38. The first-order valence-electron chi connectivity index (χ1n) is 5.80. The minimum Gasteiger partial charge on any atom is -0.354 e. The maximum atomic E-state index is 4.51. The van der Waals surface area contributed by atoms with Crippen LogP contribution >= 0.6 is 15.9 Å². The fourth-order valence-electron chi connectivity index (χ4n) is 2.42. The monoisotopic (exact) mass is 294 g/mol. The van der Waals surface area contributed by atoms with Gasteiger partial charge in [-0.2, -0.15) is 5.10 Å². The van der Waals surface area contributed by atoms with Crippen molar-refractivity contribution < 1.29 is 0 Å². The second-order valence-corrected chi connectivity index (χ2v) is 6.20. The molecule has 3 heterocycles. The molecular formula is C12H15BrN4. The van der Waals surface area contributed by atoms with Crippen LogP contribution in [0.25, 0.3) is 5.52 Å². The highest BCUT2D eigenvalue weighted by Crippen LogP contribution is 2.33. The first-order valence-corrected chi connectivity index (χ1v) is 6.59. The van der Waals surface area contributed by atoms with E-state index in [2.05, 4.69) is 44.8 Å². The summed E-state index contributed by atoms with van der Waals surface area (Å²) in [4.78, 5) is 6.86. The van der Waals surface area contributed by atoms with Crippen molar-refractivity contribution in [1.82, 2.24) is 14.6 Å². The molecule has 4 nitrogen and oxygen atoms in total. The molecule has 0 bridgehead atoms. The van der Waals surface area contributed by atoms with Crippen molar-refractivity contribution >= 4 is 27.3 Å². The third kappa shape index (κ3) is 1.92. The lowest BCUT2D eigenvalue weighted by Gasteiger charge is -2.21. The van der Waals surface area contributed by atoms with Crippen molar-refractivity contribution in [1.29, 1.82) is 0 Å². The highest BCUT2D eigenvalue weighted by Gasteiger charge is 2.30. The summed E-state index contributed by atoms with van der Waals surface area (Å²) in [6.45, 7) is 6.74. The first kappa shape index (κ1) is 11.0. The van der Waals surface area contributed by atoms with Crippen LogP contribution in [0.4, 0.5) is 5.82 Å². The molecule has 1 aliphatic rings. The summed E-state index contributed by atoms with van der Waals surface area (Å²) in [5.41, 5.74) is 1.45. The highest BCUT2D eigenvalue weighted by molar-refractivity contribution is 9.10. The van der Waals surface area contributed by atoms with Gasteiger partial charge in [0.25, 0.3) is 0 Å². The normalized spacial score (nSPS) is 19.1. The van der Waals surface area contributed by atoms with Crippen molar-refractivity contribution in [2.45, 2.75) is 20.3 Å². The molecule has 0 atom stereocenters. The van der Waals surface area contributed by atoms with Crippen molar-refractivity contribution in [3.05, 3.63) is 23.1 Å². The van der Waals surface area contributed by atoms with E-state index in [0.717, 1.165) is 29.0 Å². The van der Waals surface area contributed by atoms with Crippen LogP contribution in [0, 0.1) is 5.41 Å². The van der Waals surface area contributed by atoms with Crippen LogP contribution in [0.5, 0.6) is 0 Å². The fraction of sp³-hybridized carbons (Fsp3) is 0.500. The molecule has 17 heavy (non-hydrogen) atoms. The molecule has 5 heteroatoms. The molecule has 1 saturated heterocycles. The zero-order valence-electron chi connectivity index (χ0n) is 10.0. The Labute approximate surface area is 109 Å². The van der Waals surface area contributed by atoms with Gasteiger partial charge >= 0.3 is 0 Å². The van der Waals surface area contributed by atoms with Gasteiger partial charge in [0, 0.05) is 31.5 Å². The molecule has 0 radical (unpaired) electrons. The van der Waals surface area contributed by atoms with Gasteiger partial charge in [-0.25, -0.2) is 9.50 Å². The molecular weight excluding hydrogens is 280 g/mol. The van der Waals surface area contributed by atoms with Crippen molar-refractivity contribution in [3.63, 3.8) is 0 Å². The Morgan fingerprint density at radius 3 is 2.94 bits per heavy atom. The number of anilines is 1. The van der Waals surface area contributed by atoms with Crippen LogP contribution in [0.1, 0.15) is 20.3 Å². The van der Waals surface area contributed by atoms with Crippen molar-refractivity contribution in [3.8, 4) is 0 Å². The van der Waals surface area contributed by atoms with Crippen LogP contribution in [-0.2, 0) is 0 Å². The average Bonchev–Trinajstić information content (AvgIpc) is 2.79. The molecule has 1 fully saturated rings. The van der Waals surface area contributed by atoms with Gasteiger partial charge in [-0.1, -0.05) is 13.8 Å². The van der Waals surface area contributed by atoms with Gasteiger partial charge in [0.1, 0.15) is 10.1 Å². The molecule has 1 aliphatic heterocycles. The third-order valence-electron chi connectivity index (χ3n) is 3.32. The Hall–Kier alpha value is -1.10. The number of nitrogens with zero attached hydrogens (tertiary/aromatic N) is 4. The molecule has 0 spiro atoms. The van der Waals surface area contributed by atoms with Gasteiger partial charge in [-0.15, -0.1) is 0 Å².